The summed E-state index contributed by atoms with van der Waals surface area (Å²) in [6.07, 6.45) is 8.62. The minimum absolute atomic E-state index is 0.157. The Bertz CT molecular complexity index is 640. The van der Waals surface area contributed by atoms with Crippen molar-refractivity contribution in [2.45, 2.75) is 31.1 Å². The molecule has 2 aromatic rings. The van der Waals surface area contributed by atoms with Gasteiger partial charge in [0.05, 0.1) is 0 Å². The normalized spacial score (nSPS) is 27.6. The van der Waals surface area contributed by atoms with Gasteiger partial charge >= 0.3 is 0 Å². The van der Waals surface area contributed by atoms with E-state index < -0.39 is 0 Å². The Morgan fingerprint density at radius 2 is 2.27 bits per heavy atom. The minimum Gasteiger partial charge on any atom is -0.342 e. The molecule has 2 aromatic heterocycles. The van der Waals surface area contributed by atoms with E-state index in [1.54, 1.807) is 12.4 Å². The number of carbonyl (C=O) groups is 1. The van der Waals surface area contributed by atoms with Crippen LogP contribution in [0, 0.1) is 5.92 Å². The lowest BCUT2D eigenvalue weighted by Crippen LogP contribution is -2.40. The zero-order chi connectivity index (χ0) is 14.9. The lowest BCUT2D eigenvalue weighted by atomic mass is 9.94. The number of aromatic nitrogens is 3. The van der Waals surface area contributed by atoms with Crippen molar-refractivity contribution in [2.75, 3.05) is 13.1 Å². The molecule has 1 N–H and O–H groups in total. The first-order valence-electron chi connectivity index (χ1n) is 8.01. The molecule has 4 rings (SSSR count). The van der Waals surface area contributed by atoms with Crippen LogP contribution < -0.4 is 0 Å². The SMILES string of the molecule is O=C([C@@H]1C[C@@H]1c1cccnc1)N1CCC[C@H](c2ccn[nH]2)C1. The monoisotopic (exact) mass is 296 g/mol. The molecule has 1 aliphatic heterocycles. The fourth-order valence-corrected chi connectivity index (χ4v) is 3.59. The van der Waals surface area contributed by atoms with Crippen LogP contribution in [0.2, 0.25) is 0 Å². The maximum Gasteiger partial charge on any atom is 0.226 e. The third kappa shape index (κ3) is 2.51. The van der Waals surface area contributed by atoms with Gasteiger partial charge in [0, 0.05) is 49.2 Å². The van der Waals surface area contributed by atoms with Gasteiger partial charge in [-0.25, -0.2) is 0 Å². The predicted molar refractivity (Wildman–Crippen MR) is 82.2 cm³/mol. The standard InChI is InChI=1S/C17H20N4O/c22-17(15-9-14(15)12-3-1-6-18-10-12)21-8-2-4-13(11-21)16-5-7-19-20-16/h1,3,5-7,10,13-15H,2,4,8-9,11H2,(H,19,20)/t13-,14+,15+/m0/s1. The van der Waals surface area contributed by atoms with Crippen LogP contribution in [-0.2, 0) is 4.79 Å². The van der Waals surface area contributed by atoms with Crippen molar-refractivity contribution in [3.05, 3.63) is 48.0 Å². The van der Waals surface area contributed by atoms with E-state index in [9.17, 15) is 4.79 Å². The fraction of sp³-hybridized carbons (Fsp3) is 0.471. The van der Waals surface area contributed by atoms with Gasteiger partial charge < -0.3 is 4.90 Å². The van der Waals surface area contributed by atoms with E-state index >= 15 is 0 Å². The van der Waals surface area contributed by atoms with Crippen LogP contribution in [0.15, 0.2) is 36.8 Å². The quantitative estimate of drug-likeness (QED) is 0.945. The van der Waals surface area contributed by atoms with Crippen molar-refractivity contribution >= 4 is 5.91 Å². The van der Waals surface area contributed by atoms with Gasteiger partial charge in [-0.3, -0.25) is 14.9 Å². The zero-order valence-electron chi connectivity index (χ0n) is 12.5. The minimum atomic E-state index is 0.157. The molecule has 3 heterocycles. The molecule has 3 atom stereocenters. The Balaban J connectivity index is 1.41. The topological polar surface area (TPSA) is 61.9 Å². The molecule has 2 aliphatic rings. The average molecular weight is 296 g/mol. The van der Waals surface area contributed by atoms with Crippen molar-refractivity contribution in [3.8, 4) is 0 Å². The summed E-state index contributed by atoms with van der Waals surface area (Å²) >= 11 is 0. The molecule has 0 aromatic carbocycles. The second kappa shape index (κ2) is 5.55. The smallest absolute Gasteiger partial charge is 0.226 e. The molecule has 1 saturated carbocycles. The number of H-pyrrole nitrogens is 1. The maximum atomic E-state index is 12.7. The van der Waals surface area contributed by atoms with Gasteiger partial charge in [0.1, 0.15) is 0 Å². The lowest BCUT2D eigenvalue weighted by Gasteiger charge is -2.32. The number of amides is 1. The number of piperidine rings is 1. The summed E-state index contributed by atoms with van der Waals surface area (Å²) in [4.78, 5) is 19.0. The van der Waals surface area contributed by atoms with E-state index in [2.05, 4.69) is 26.1 Å². The van der Waals surface area contributed by atoms with Gasteiger partial charge in [0.25, 0.3) is 0 Å². The number of nitrogens with one attached hydrogen (secondary N) is 1. The summed E-state index contributed by atoms with van der Waals surface area (Å²) in [6, 6.07) is 6.05. The van der Waals surface area contributed by atoms with Crippen LogP contribution in [0.1, 0.15) is 42.4 Å². The summed E-state index contributed by atoms with van der Waals surface area (Å²) in [6.45, 7) is 1.71. The van der Waals surface area contributed by atoms with E-state index in [0.29, 0.717) is 17.7 Å². The molecule has 1 amide bonds. The molecule has 1 aliphatic carbocycles. The third-order valence-corrected chi connectivity index (χ3v) is 4.92. The number of likely N-dealkylation sites (tertiary alicyclic amines) is 1. The second-order valence-electron chi connectivity index (χ2n) is 6.37. The molecular formula is C17H20N4O. The average Bonchev–Trinajstić information content (AvgIpc) is 3.19. The molecule has 0 radical (unpaired) electrons. The van der Waals surface area contributed by atoms with Crippen LogP contribution in [0.3, 0.4) is 0 Å². The summed E-state index contributed by atoms with van der Waals surface area (Å²) < 4.78 is 0. The number of hydrogen-bond acceptors (Lipinski definition) is 3. The van der Waals surface area contributed by atoms with Gasteiger partial charge in [0.15, 0.2) is 0 Å². The summed E-state index contributed by atoms with van der Waals surface area (Å²) in [5.41, 5.74) is 2.35. The first kappa shape index (κ1) is 13.5. The van der Waals surface area contributed by atoms with Crippen molar-refractivity contribution in [1.82, 2.24) is 20.1 Å². The van der Waals surface area contributed by atoms with Crippen LogP contribution in [0.5, 0.6) is 0 Å². The van der Waals surface area contributed by atoms with Gasteiger partial charge in [-0.15, -0.1) is 0 Å². The molecule has 5 heteroatoms. The first-order valence-corrected chi connectivity index (χ1v) is 8.01. The van der Waals surface area contributed by atoms with E-state index in [0.717, 1.165) is 38.0 Å². The number of carbonyl (C=O) groups excluding carboxylic acids is 1. The van der Waals surface area contributed by atoms with E-state index in [1.165, 1.54) is 5.56 Å². The van der Waals surface area contributed by atoms with Gasteiger partial charge in [-0.1, -0.05) is 6.07 Å². The Morgan fingerprint density at radius 3 is 3.05 bits per heavy atom. The zero-order valence-corrected chi connectivity index (χ0v) is 12.5. The van der Waals surface area contributed by atoms with Crippen molar-refractivity contribution in [2.24, 2.45) is 5.92 Å². The molecule has 2 fully saturated rings. The molecule has 0 spiro atoms. The molecule has 1 saturated heterocycles. The second-order valence-corrected chi connectivity index (χ2v) is 6.37. The molecule has 0 unspecified atom stereocenters. The maximum absolute atomic E-state index is 12.7. The van der Waals surface area contributed by atoms with Crippen molar-refractivity contribution in [1.29, 1.82) is 0 Å². The van der Waals surface area contributed by atoms with Crippen molar-refractivity contribution in [3.63, 3.8) is 0 Å². The highest BCUT2D eigenvalue weighted by Crippen LogP contribution is 2.48. The Hall–Kier alpha value is -2.17. The highest BCUT2D eigenvalue weighted by Gasteiger charge is 2.46. The Morgan fingerprint density at radius 1 is 1.32 bits per heavy atom. The fourth-order valence-electron chi connectivity index (χ4n) is 3.59. The van der Waals surface area contributed by atoms with Crippen molar-refractivity contribution < 1.29 is 4.79 Å². The Kier molecular flexibility index (Phi) is 3.41. The molecule has 22 heavy (non-hydrogen) atoms. The van der Waals surface area contributed by atoms with Gasteiger partial charge in [0.2, 0.25) is 5.91 Å². The molecule has 0 bridgehead atoms. The van der Waals surface area contributed by atoms with Gasteiger partial charge in [-0.2, -0.15) is 5.10 Å². The third-order valence-electron chi connectivity index (χ3n) is 4.92. The van der Waals surface area contributed by atoms with E-state index in [1.807, 2.05) is 18.3 Å². The van der Waals surface area contributed by atoms with Crippen LogP contribution in [-0.4, -0.2) is 39.1 Å². The molecular weight excluding hydrogens is 276 g/mol. The summed E-state index contributed by atoms with van der Waals surface area (Å²) in [5.74, 6) is 1.24. The van der Waals surface area contributed by atoms with Crippen LogP contribution in [0.25, 0.3) is 0 Å². The predicted octanol–water partition coefficient (Wildman–Crippen LogP) is 2.31. The van der Waals surface area contributed by atoms with Crippen LogP contribution in [0.4, 0.5) is 0 Å². The molecule has 5 nitrogen and oxygen atoms in total. The number of rotatable bonds is 3. The number of pyridine rings is 1. The largest absolute Gasteiger partial charge is 0.342 e. The highest BCUT2D eigenvalue weighted by atomic mass is 16.2. The Labute approximate surface area is 129 Å². The van der Waals surface area contributed by atoms with Gasteiger partial charge in [-0.05, 0) is 42.9 Å². The first-order chi connectivity index (χ1) is 10.8. The number of nitrogens with zero attached hydrogens (tertiary/aromatic N) is 3. The number of hydrogen-bond donors (Lipinski definition) is 1. The highest BCUT2D eigenvalue weighted by molar-refractivity contribution is 5.83. The number of aromatic amines is 1. The lowest BCUT2D eigenvalue weighted by molar-refractivity contribution is -0.133. The van der Waals surface area contributed by atoms with Crippen LogP contribution >= 0.6 is 0 Å². The summed E-state index contributed by atoms with van der Waals surface area (Å²) in [7, 11) is 0. The van der Waals surface area contributed by atoms with E-state index in [-0.39, 0.29) is 5.92 Å². The molecule has 114 valence electrons. The summed E-state index contributed by atoms with van der Waals surface area (Å²) in [5, 5.41) is 7.08. The van der Waals surface area contributed by atoms with E-state index in [4.69, 9.17) is 0 Å².